The summed E-state index contributed by atoms with van der Waals surface area (Å²) in [6.07, 6.45) is 9.84. The van der Waals surface area contributed by atoms with Gasteiger partial charge in [0.1, 0.15) is 23.9 Å². The first-order valence-electron chi connectivity index (χ1n) is 13.9. The second-order valence-corrected chi connectivity index (χ2v) is 9.96. The van der Waals surface area contributed by atoms with E-state index in [2.05, 4.69) is 61.0 Å². The predicted octanol–water partition coefficient (Wildman–Crippen LogP) is 8.23. The van der Waals surface area contributed by atoms with Crippen LogP contribution in [0.2, 0.25) is 0 Å². The molecule has 38 heavy (non-hydrogen) atoms. The van der Waals surface area contributed by atoms with E-state index >= 15 is 0 Å². The molecule has 2 atom stereocenters. The average Bonchev–Trinajstić information content (AvgIpc) is 3.42. The molecule has 0 radical (unpaired) electrons. The van der Waals surface area contributed by atoms with Crippen molar-refractivity contribution in [2.75, 3.05) is 13.2 Å². The molecule has 0 fully saturated rings. The number of hydrazone groups is 1. The molecule has 2 heterocycles. The monoisotopic (exact) mass is 510 g/mol. The van der Waals surface area contributed by atoms with Crippen LogP contribution in [0.1, 0.15) is 80.8 Å². The van der Waals surface area contributed by atoms with Crippen molar-refractivity contribution in [2.45, 2.75) is 64.1 Å². The summed E-state index contributed by atoms with van der Waals surface area (Å²) < 4.78 is 18.2. The van der Waals surface area contributed by atoms with Crippen LogP contribution >= 0.6 is 0 Å². The molecule has 5 rings (SSSR count). The van der Waals surface area contributed by atoms with E-state index in [0.29, 0.717) is 6.61 Å². The van der Waals surface area contributed by atoms with Gasteiger partial charge in [0, 0.05) is 17.5 Å². The molecule has 0 aromatic heterocycles. The highest BCUT2D eigenvalue weighted by atomic mass is 16.5. The van der Waals surface area contributed by atoms with Gasteiger partial charge in [0.05, 0.1) is 18.4 Å². The highest BCUT2D eigenvalue weighted by molar-refractivity contribution is 6.02. The van der Waals surface area contributed by atoms with Crippen molar-refractivity contribution in [3.63, 3.8) is 0 Å². The summed E-state index contributed by atoms with van der Waals surface area (Å²) in [5, 5.41) is 7.20. The van der Waals surface area contributed by atoms with E-state index < -0.39 is 0 Å². The minimum absolute atomic E-state index is 0.125. The molecule has 3 aromatic carbocycles. The zero-order valence-corrected chi connectivity index (χ0v) is 22.4. The molecule has 0 saturated heterocycles. The van der Waals surface area contributed by atoms with Gasteiger partial charge in [0.2, 0.25) is 6.23 Å². The lowest BCUT2D eigenvalue weighted by molar-refractivity contribution is -0.0190. The van der Waals surface area contributed by atoms with Crippen LogP contribution in [0.15, 0.2) is 90.6 Å². The topological polar surface area (TPSA) is 43.3 Å². The number of hydrogen-bond donors (Lipinski definition) is 0. The number of nitrogens with zero attached hydrogens (tertiary/aromatic N) is 2. The van der Waals surface area contributed by atoms with E-state index in [1.807, 2.05) is 30.3 Å². The van der Waals surface area contributed by atoms with Gasteiger partial charge in [-0.3, -0.25) is 0 Å². The van der Waals surface area contributed by atoms with Gasteiger partial charge in [0.15, 0.2) is 0 Å². The number of fused-ring (bicyclic) bond motifs is 3. The summed E-state index contributed by atoms with van der Waals surface area (Å²) >= 11 is 0. The fraction of sp³-hybridized carbons (Fsp3) is 0.364. The first-order valence-corrected chi connectivity index (χ1v) is 13.9. The summed E-state index contributed by atoms with van der Waals surface area (Å²) in [7, 11) is 0. The zero-order valence-electron chi connectivity index (χ0n) is 22.4. The number of unbranched alkanes of at least 4 members (excludes halogenated alkanes) is 5. The van der Waals surface area contributed by atoms with Crippen molar-refractivity contribution in [1.29, 1.82) is 0 Å². The van der Waals surface area contributed by atoms with Crippen LogP contribution in [0.4, 0.5) is 0 Å². The van der Waals surface area contributed by atoms with E-state index in [1.54, 1.807) is 6.08 Å². The van der Waals surface area contributed by atoms with Gasteiger partial charge >= 0.3 is 0 Å². The van der Waals surface area contributed by atoms with Gasteiger partial charge in [-0.25, -0.2) is 5.01 Å². The highest BCUT2D eigenvalue weighted by Crippen LogP contribution is 2.47. The van der Waals surface area contributed by atoms with E-state index in [1.165, 1.54) is 37.7 Å². The fourth-order valence-electron chi connectivity index (χ4n) is 5.13. The molecule has 0 aliphatic carbocycles. The standard InChI is InChI=1S/C33H38N2O3/c1-3-5-6-7-8-11-23-37-28-20-16-26(17-21-28)33-35-31(29-12-9-10-13-32(29)38-33)24-30(34-35)25-14-18-27(19-15-25)36-22-4-2/h4,9-10,12-21,31,33H,2-3,5-8,11,22-24H2,1H3/t31-,33+/m1/s1. The SMILES string of the molecule is C=CCOc1ccc(C2=NN3[C@H](C2)c2ccccc2O[C@H]3c2ccc(OCCCCCCCC)cc2)cc1. The Balaban J connectivity index is 1.29. The van der Waals surface area contributed by atoms with Crippen LogP contribution in [-0.2, 0) is 0 Å². The van der Waals surface area contributed by atoms with Crippen LogP contribution in [0.25, 0.3) is 0 Å². The Labute approximate surface area is 226 Å². The quantitative estimate of drug-likeness (QED) is 0.172. The first-order chi connectivity index (χ1) is 18.8. The van der Waals surface area contributed by atoms with Gasteiger partial charge in [-0.15, -0.1) is 0 Å². The van der Waals surface area contributed by atoms with Crippen molar-refractivity contribution in [3.05, 3.63) is 102 Å². The maximum absolute atomic E-state index is 6.51. The molecule has 3 aromatic rings. The fourth-order valence-corrected chi connectivity index (χ4v) is 5.13. The van der Waals surface area contributed by atoms with Crippen molar-refractivity contribution >= 4 is 5.71 Å². The number of hydrogen-bond acceptors (Lipinski definition) is 5. The molecule has 0 N–H and O–H groups in total. The van der Waals surface area contributed by atoms with Crippen LogP contribution in [0.5, 0.6) is 17.2 Å². The molecule has 5 nitrogen and oxygen atoms in total. The van der Waals surface area contributed by atoms with Crippen molar-refractivity contribution in [1.82, 2.24) is 5.01 Å². The molecule has 2 aliphatic rings. The molecule has 0 spiro atoms. The minimum Gasteiger partial charge on any atom is -0.494 e. The Hall–Kier alpha value is -3.73. The Morgan fingerprint density at radius 2 is 1.61 bits per heavy atom. The van der Waals surface area contributed by atoms with Gasteiger partial charge in [-0.2, -0.15) is 5.10 Å². The largest absolute Gasteiger partial charge is 0.494 e. The highest BCUT2D eigenvalue weighted by Gasteiger charge is 2.40. The summed E-state index contributed by atoms with van der Waals surface area (Å²) in [5.41, 5.74) is 4.39. The van der Waals surface area contributed by atoms with Crippen LogP contribution in [-0.4, -0.2) is 23.9 Å². The van der Waals surface area contributed by atoms with Crippen molar-refractivity contribution in [2.24, 2.45) is 5.10 Å². The van der Waals surface area contributed by atoms with Crippen molar-refractivity contribution < 1.29 is 14.2 Å². The van der Waals surface area contributed by atoms with Gasteiger partial charge in [-0.1, -0.05) is 69.9 Å². The number of para-hydroxylation sites is 1. The summed E-state index contributed by atoms with van der Waals surface area (Å²) in [5.74, 6) is 2.65. The molecule has 0 bridgehead atoms. The van der Waals surface area contributed by atoms with E-state index in [-0.39, 0.29) is 12.3 Å². The van der Waals surface area contributed by atoms with Gasteiger partial charge in [-0.05, 0) is 66.6 Å². The second-order valence-electron chi connectivity index (χ2n) is 9.96. The molecule has 5 heteroatoms. The number of ether oxygens (including phenoxy) is 3. The zero-order chi connectivity index (χ0) is 26.2. The molecule has 198 valence electrons. The van der Waals surface area contributed by atoms with E-state index in [0.717, 1.165) is 53.5 Å². The van der Waals surface area contributed by atoms with Crippen LogP contribution in [0.3, 0.4) is 0 Å². The Kier molecular flexibility index (Phi) is 8.64. The van der Waals surface area contributed by atoms with E-state index in [9.17, 15) is 0 Å². The molecular weight excluding hydrogens is 472 g/mol. The minimum atomic E-state index is -0.296. The third-order valence-electron chi connectivity index (χ3n) is 7.19. The molecule has 2 aliphatic heterocycles. The molecule has 0 amide bonds. The normalized spacial score (nSPS) is 17.7. The average molecular weight is 511 g/mol. The number of benzene rings is 3. The van der Waals surface area contributed by atoms with Crippen molar-refractivity contribution in [3.8, 4) is 17.2 Å². The molecule has 0 unspecified atom stereocenters. The van der Waals surface area contributed by atoms with Gasteiger partial charge < -0.3 is 14.2 Å². The number of rotatable bonds is 13. The van der Waals surface area contributed by atoms with E-state index in [4.69, 9.17) is 19.3 Å². The van der Waals surface area contributed by atoms with Crippen LogP contribution in [0, 0.1) is 0 Å². The third-order valence-corrected chi connectivity index (χ3v) is 7.19. The summed E-state index contributed by atoms with van der Waals surface area (Å²) in [6, 6.07) is 24.9. The lowest BCUT2D eigenvalue weighted by atomic mass is 9.96. The lowest BCUT2D eigenvalue weighted by Gasteiger charge is -2.38. The van der Waals surface area contributed by atoms with Crippen LogP contribution < -0.4 is 14.2 Å². The van der Waals surface area contributed by atoms with Gasteiger partial charge in [0.25, 0.3) is 0 Å². The maximum Gasteiger partial charge on any atom is 0.213 e. The molecule has 0 saturated carbocycles. The maximum atomic E-state index is 6.51. The predicted molar refractivity (Wildman–Crippen MR) is 153 cm³/mol. The lowest BCUT2D eigenvalue weighted by Crippen LogP contribution is -2.33. The molecular formula is C33H38N2O3. The Bertz CT molecular complexity index is 1220. The third kappa shape index (κ3) is 6.04. The Morgan fingerprint density at radius 1 is 0.895 bits per heavy atom. The smallest absolute Gasteiger partial charge is 0.213 e. The first kappa shape index (κ1) is 25.9. The Morgan fingerprint density at radius 3 is 2.39 bits per heavy atom. The summed E-state index contributed by atoms with van der Waals surface area (Å²) in [4.78, 5) is 0. The second kappa shape index (κ2) is 12.7. The summed E-state index contributed by atoms with van der Waals surface area (Å²) in [6.45, 7) is 7.22.